The van der Waals surface area contributed by atoms with Crippen molar-refractivity contribution in [2.24, 2.45) is 0 Å². The van der Waals surface area contributed by atoms with E-state index in [-0.39, 0.29) is 5.91 Å². The Hall–Kier alpha value is -2.20. The fourth-order valence-corrected chi connectivity index (χ4v) is 2.11. The van der Waals surface area contributed by atoms with E-state index in [1.54, 1.807) is 31.2 Å². The summed E-state index contributed by atoms with van der Waals surface area (Å²) < 4.78 is 11.2. The molecular formula is C19H22ClNO3. The van der Waals surface area contributed by atoms with Crippen LogP contribution in [0.15, 0.2) is 48.5 Å². The molecule has 0 radical (unpaired) electrons. The van der Waals surface area contributed by atoms with Crippen molar-refractivity contribution < 1.29 is 14.3 Å². The molecule has 0 saturated carbocycles. The number of benzene rings is 2. The molecule has 1 atom stereocenters. The maximum Gasteiger partial charge on any atom is 0.265 e. The third-order valence-electron chi connectivity index (χ3n) is 3.38. The lowest BCUT2D eigenvalue weighted by Gasteiger charge is -2.15. The Bertz CT molecular complexity index is 641. The monoisotopic (exact) mass is 347 g/mol. The van der Waals surface area contributed by atoms with Crippen LogP contribution >= 0.6 is 11.6 Å². The van der Waals surface area contributed by atoms with Crippen molar-refractivity contribution in [1.82, 2.24) is 0 Å². The second-order valence-electron chi connectivity index (χ2n) is 5.43. The molecule has 0 saturated heterocycles. The molecule has 24 heavy (non-hydrogen) atoms. The van der Waals surface area contributed by atoms with E-state index in [2.05, 4.69) is 12.2 Å². The van der Waals surface area contributed by atoms with E-state index in [0.29, 0.717) is 23.1 Å². The molecule has 0 aliphatic heterocycles. The summed E-state index contributed by atoms with van der Waals surface area (Å²) in [4.78, 5) is 12.2. The molecule has 0 fully saturated rings. The van der Waals surface area contributed by atoms with Crippen molar-refractivity contribution in [1.29, 1.82) is 0 Å². The van der Waals surface area contributed by atoms with Gasteiger partial charge in [0.2, 0.25) is 0 Å². The predicted molar refractivity (Wildman–Crippen MR) is 97.0 cm³/mol. The Balaban J connectivity index is 1.85. The highest BCUT2D eigenvalue weighted by Crippen LogP contribution is 2.19. The summed E-state index contributed by atoms with van der Waals surface area (Å²) in [6.45, 7) is 4.52. The van der Waals surface area contributed by atoms with Gasteiger partial charge in [-0.2, -0.15) is 0 Å². The summed E-state index contributed by atoms with van der Waals surface area (Å²) >= 11 is 5.83. The lowest BCUT2D eigenvalue weighted by molar-refractivity contribution is -0.122. The zero-order valence-electron chi connectivity index (χ0n) is 13.9. The van der Waals surface area contributed by atoms with Gasteiger partial charge in [0, 0.05) is 10.7 Å². The largest absolute Gasteiger partial charge is 0.494 e. The van der Waals surface area contributed by atoms with E-state index < -0.39 is 6.10 Å². The normalized spacial score (nSPS) is 11.6. The van der Waals surface area contributed by atoms with Crippen LogP contribution in [0, 0.1) is 0 Å². The van der Waals surface area contributed by atoms with Crippen LogP contribution in [0.2, 0.25) is 5.02 Å². The van der Waals surface area contributed by atoms with E-state index in [1.165, 1.54) is 0 Å². The molecule has 0 spiro atoms. The number of hydrogen-bond donors (Lipinski definition) is 1. The Morgan fingerprint density at radius 3 is 2.33 bits per heavy atom. The lowest BCUT2D eigenvalue weighted by atomic mass is 10.2. The number of carbonyl (C=O) groups excluding carboxylic acids is 1. The van der Waals surface area contributed by atoms with Gasteiger partial charge in [0.05, 0.1) is 6.61 Å². The fourth-order valence-electron chi connectivity index (χ4n) is 1.98. The average Bonchev–Trinajstić information content (AvgIpc) is 2.58. The fraction of sp³-hybridized carbons (Fsp3) is 0.316. The number of carbonyl (C=O) groups is 1. The molecule has 0 bridgehead atoms. The maximum atomic E-state index is 12.2. The van der Waals surface area contributed by atoms with E-state index >= 15 is 0 Å². The first-order valence-electron chi connectivity index (χ1n) is 8.04. The molecule has 5 heteroatoms. The first-order valence-corrected chi connectivity index (χ1v) is 8.42. The standard InChI is InChI=1S/C19H22ClNO3/c1-3-4-13-23-17-11-7-16(8-12-17)21-19(22)14(2)24-18-9-5-15(20)6-10-18/h5-12,14H,3-4,13H2,1-2H3,(H,21,22)/t14-/m0/s1. The number of ether oxygens (including phenoxy) is 2. The van der Waals surface area contributed by atoms with Crippen molar-refractivity contribution in [2.45, 2.75) is 32.8 Å². The first-order chi connectivity index (χ1) is 11.6. The Kier molecular flexibility index (Phi) is 6.94. The third-order valence-corrected chi connectivity index (χ3v) is 3.64. The first kappa shape index (κ1) is 18.1. The van der Waals surface area contributed by atoms with Gasteiger partial charge in [-0.3, -0.25) is 4.79 Å². The molecule has 4 nitrogen and oxygen atoms in total. The van der Waals surface area contributed by atoms with Gasteiger partial charge in [0.25, 0.3) is 5.91 Å². The van der Waals surface area contributed by atoms with E-state index in [0.717, 1.165) is 18.6 Å². The van der Waals surface area contributed by atoms with Gasteiger partial charge in [-0.1, -0.05) is 24.9 Å². The van der Waals surface area contributed by atoms with Crippen molar-refractivity contribution in [3.8, 4) is 11.5 Å². The summed E-state index contributed by atoms with van der Waals surface area (Å²) in [6.07, 6.45) is 1.50. The van der Waals surface area contributed by atoms with Crippen molar-refractivity contribution in [2.75, 3.05) is 11.9 Å². The molecule has 2 rings (SSSR count). The number of anilines is 1. The molecule has 0 aliphatic carbocycles. The van der Waals surface area contributed by atoms with Crippen LogP contribution < -0.4 is 14.8 Å². The second-order valence-corrected chi connectivity index (χ2v) is 5.87. The average molecular weight is 348 g/mol. The smallest absolute Gasteiger partial charge is 0.265 e. The van der Waals surface area contributed by atoms with Crippen LogP contribution in [0.4, 0.5) is 5.69 Å². The van der Waals surface area contributed by atoms with Gasteiger partial charge < -0.3 is 14.8 Å². The van der Waals surface area contributed by atoms with Crippen LogP contribution in [0.25, 0.3) is 0 Å². The van der Waals surface area contributed by atoms with Gasteiger partial charge in [0.15, 0.2) is 6.10 Å². The predicted octanol–water partition coefficient (Wildman–Crippen LogP) is 4.92. The summed E-state index contributed by atoms with van der Waals surface area (Å²) in [6, 6.07) is 14.2. The molecule has 0 aliphatic rings. The number of halogens is 1. The van der Waals surface area contributed by atoms with Gasteiger partial charge in [-0.25, -0.2) is 0 Å². The molecule has 0 unspecified atom stereocenters. The molecular weight excluding hydrogens is 326 g/mol. The molecule has 1 amide bonds. The maximum absolute atomic E-state index is 12.2. The summed E-state index contributed by atoms with van der Waals surface area (Å²) in [5.41, 5.74) is 0.703. The minimum absolute atomic E-state index is 0.218. The van der Waals surface area contributed by atoms with Gasteiger partial charge in [-0.05, 0) is 61.9 Å². The van der Waals surface area contributed by atoms with Gasteiger partial charge in [0.1, 0.15) is 11.5 Å². The zero-order chi connectivity index (χ0) is 17.4. The van der Waals surface area contributed by atoms with E-state index in [4.69, 9.17) is 21.1 Å². The summed E-state index contributed by atoms with van der Waals surface area (Å²) in [5.74, 6) is 1.18. The number of nitrogens with one attached hydrogen (secondary N) is 1. The molecule has 128 valence electrons. The Morgan fingerprint density at radius 2 is 1.71 bits per heavy atom. The number of unbranched alkanes of at least 4 members (excludes halogenated alkanes) is 1. The highest BCUT2D eigenvalue weighted by molar-refractivity contribution is 6.30. The van der Waals surface area contributed by atoms with Crippen LogP contribution in [0.5, 0.6) is 11.5 Å². The van der Waals surface area contributed by atoms with E-state index in [1.807, 2.05) is 24.3 Å². The SMILES string of the molecule is CCCCOc1ccc(NC(=O)[C@H](C)Oc2ccc(Cl)cc2)cc1. The third kappa shape index (κ3) is 5.78. The highest BCUT2D eigenvalue weighted by atomic mass is 35.5. The Morgan fingerprint density at radius 1 is 1.08 bits per heavy atom. The molecule has 0 aromatic heterocycles. The zero-order valence-corrected chi connectivity index (χ0v) is 14.7. The highest BCUT2D eigenvalue weighted by Gasteiger charge is 2.14. The summed E-state index contributed by atoms with van der Waals surface area (Å²) in [7, 11) is 0. The lowest BCUT2D eigenvalue weighted by Crippen LogP contribution is -2.30. The van der Waals surface area contributed by atoms with Crippen molar-refractivity contribution >= 4 is 23.2 Å². The number of rotatable bonds is 8. The Labute approximate surface area is 147 Å². The number of hydrogen-bond acceptors (Lipinski definition) is 3. The van der Waals surface area contributed by atoms with Crippen LogP contribution in [-0.4, -0.2) is 18.6 Å². The van der Waals surface area contributed by atoms with Crippen LogP contribution in [0.3, 0.4) is 0 Å². The van der Waals surface area contributed by atoms with Gasteiger partial charge >= 0.3 is 0 Å². The number of amides is 1. The molecule has 2 aromatic rings. The molecule has 2 aromatic carbocycles. The molecule has 1 N–H and O–H groups in total. The van der Waals surface area contributed by atoms with Crippen molar-refractivity contribution in [3.63, 3.8) is 0 Å². The minimum atomic E-state index is -0.619. The minimum Gasteiger partial charge on any atom is -0.494 e. The van der Waals surface area contributed by atoms with Crippen LogP contribution in [0.1, 0.15) is 26.7 Å². The topological polar surface area (TPSA) is 47.6 Å². The van der Waals surface area contributed by atoms with Crippen molar-refractivity contribution in [3.05, 3.63) is 53.6 Å². The van der Waals surface area contributed by atoms with Gasteiger partial charge in [-0.15, -0.1) is 0 Å². The van der Waals surface area contributed by atoms with Crippen LogP contribution in [-0.2, 0) is 4.79 Å². The quantitative estimate of drug-likeness (QED) is 0.689. The molecule has 0 heterocycles. The summed E-state index contributed by atoms with van der Waals surface area (Å²) in [5, 5.41) is 3.45. The second kappa shape index (κ2) is 9.18. The van der Waals surface area contributed by atoms with E-state index in [9.17, 15) is 4.79 Å².